The number of carbonyl (C=O) groups is 6. The standard InChI is InChI=1S/C20H37N9O8/c21-6-2-1-4-11(17(34)28-12(19(36)37)5-3-7-26-20(24)25)27-18(35)13(9-14(23)30)29-16(33)10(22)8-15(31)32/h10-13H,1-9,21-22H2,(H2,23,30)(H,27,35)(H,28,34)(H,29,33)(H,31,32)(H,36,37)(H4,24,25,26). The van der Waals surface area contributed by atoms with Crippen LogP contribution in [0.5, 0.6) is 0 Å². The minimum Gasteiger partial charge on any atom is -0.481 e. The fraction of sp³-hybridized carbons (Fsp3) is 0.650. The number of amides is 4. The number of unbranched alkanes of at least 4 members (excludes halogenated alkanes) is 1. The maximum Gasteiger partial charge on any atom is 0.326 e. The smallest absolute Gasteiger partial charge is 0.326 e. The molecular weight excluding hydrogens is 494 g/mol. The molecule has 0 bridgehead atoms. The Morgan fingerprint density at radius 2 is 1.27 bits per heavy atom. The van der Waals surface area contributed by atoms with Gasteiger partial charge in [-0.3, -0.25) is 29.0 Å². The average Bonchev–Trinajstić information content (AvgIpc) is 2.78. The van der Waals surface area contributed by atoms with Crippen LogP contribution in [-0.2, 0) is 28.8 Å². The molecule has 0 aliphatic heterocycles. The molecule has 4 amide bonds. The number of rotatable bonds is 19. The molecule has 0 spiro atoms. The zero-order chi connectivity index (χ0) is 28.5. The van der Waals surface area contributed by atoms with Crippen molar-refractivity contribution in [1.82, 2.24) is 16.0 Å². The average molecular weight is 532 g/mol. The van der Waals surface area contributed by atoms with E-state index in [9.17, 15) is 33.9 Å². The van der Waals surface area contributed by atoms with Crippen molar-refractivity contribution >= 4 is 41.5 Å². The lowest BCUT2D eigenvalue weighted by Gasteiger charge is -2.24. The molecule has 0 aromatic carbocycles. The van der Waals surface area contributed by atoms with Gasteiger partial charge >= 0.3 is 11.9 Å². The van der Waals surface area contributed by atoms with Crippen molar-refractivity contribution in [3.63, 3.8) is 0 Å². The second-order valence-electron chi connectivity index (χ2n) is 8.13. The molecule has 0 aliphatic carbocycles. The van der Waals surface area contributed by atoms with Crippen LogP contribution in [0.3, 0.4) is 0 Å². The highest BCUT2D eigenvalue weighted by Crippen LogP contribution is 2.06. The van der Waals surface area contributed by atoms with Gasteiger partial charge in [0.25, 0.3) is 0 Å². The van der Waals surface area contributed by atoms with Crippen molar-refractivity contribution in [2.75, 3.05) is 13.1 Å². The summed E-state index contributed by atoms with van der Waals surface area (Å²) in [6, 6.07) is -5.64. The molecular formula is C20H37N9O8. The summed E-state index contributed by atoms with van der Waals surface area (Å²) in [5, 5.41) is 25.1. The number of guanidine groups is 1. The van der Waals surface area contributed by atoms with Crippen LogP contribution in [0.1, 0.15) is 44.9 Å². The van der Waals surface area contributed by atoms with Gasteiger partial charge in [-0.1, -0.05) is 0 Å². The number of hydrogen-bond donors (Lipinski definition) is 10. The van der Waals surface area contributed by atoms with Crippen molar-refractivity contribution < 1.29 is 39.0 Å². The number of carboxylic acid groups (broad SMARTS) is 2. The Kier molecular flexibility index (Phi) is 15.6. The Morgan fingerprint density at radius 1 is 0.730 bits per heavy atom. The molecule has 4 atom stereocenters. The fourth-order valence-electron chi connectivity index (χ4n) is 3.04. The molecule has 0 saturated carbocycles. The summed E-state index contributed by atoms with van der Waals surface area (Å²) in [5.74, 6) is -6.66. The van der Waals surface area contributed by atoms with E-state index < -0.39 is 72.6 Å². The molecule has 0 heterocycles. The molecule has 4 unspecified atom stereocenters. The molecule has 15 N–H and O–H groups in total. The number of aliphatic carboxylic acids is 2. The predicted octanol–water partition coefficient (Wildman–Crippen LogP) is -4.61. The third-order valence-electron chi connectivity index (χ3n) is 4.91. The summed E-state index contributed by atoms with van der Waals surface area (Å²) in [5.41, 5.74) is 26.5. The Morgan fingerprint density at radius 3 is 1.78 bits per heavy atom. The molecule has 37 heavy (non-hydrogen) atoms. The van der Waals surface area contributed by atoms with Crippen LogP contribution in [-0.4, -0.2) is 89.0 Å². The monoisotopic (exact) mass is 531 g/mol. The van der Waals surface area contributed by atoms with Gasteiger partial charge in [0.05, 0.1) is 18.9 Å². The molecule has 0 aromatic heterocycles. The van der Waals surface area contributed by atoms with Gasteiger partial charge in [0.15, 0.2) is 5.96 Å². The Hall–Kier alpha value is -3.99. The zero-order valence-electron chi connectivity index (χ0n) is 20.4. The first-order valence-electron chi connectivity index (χ1n) is 11.4. The quantitative estimate of drug-likeness (QED) is 0.0427. The van der Waals surface area contributed by atoms with Crippen LogP contribution in [0, 0.1) is 0 Å². The van der Waals surface area contributed by atoms with E-state index in [0.29, 0.717) is 19.4 Å². The van der Waals surface area contributed by atoms with Gasteiger partial charge in [-0.25, -0.2) is 4.79 Å². The molecule has 0 saturated heterocycles. The summed E-state index contributed by atoms with van der Waals surface area (Å²) >= 11 is 0. The van der Waals surface area contributed by atoms with Crippen LogP contribution < -0.4 is 44.6 Å². The number of carboxylic acids is 2. The summed E-state index contributed by atoms with van der Waals surface area (Å²) in [7, 11) is 0. The molecule has 0 fully saturated rings. The minimum absolute atomic E-state index is 0.0108. The molecule has 17 nitrogen and oxygen atoms in total. The van der Waals surface area contributed by atoms with Crippen molar-refractivity contribution in [2.45, 2.75) is 69.1 Å². The van der Waals surface area contributed by atoms with E-state index in [-0.39, 0.29) is 31.8 Å². The van der Waals surface area contributed by atoms with E-state index in [4.69, 9.17) is 33.8 Å². The lowest BCUT2D eigenvalue weighted by Crippen LogP contribution is -2.57. The zero-order valence-corrected chi connectivity index (χ0v) is 20.4. The van der Waals surface area contributed by atoms with E-state index >= 15 is 0 Å². The van der Waals surface area contributed by atoms with E-state index in [1.807, 2.05) is 0 Å². The number of aliphatic imine (C=N–C) groups is 1. The van der Waals surface area contributed by atoms with E-state index in [1.54, 1.807) is 0 Å². The van der Waals surface area contributed by atoms with Gasteiger partial charge < -0.3 is 54.8 Å². The van der Waals surface area contributed by atoms with Crippen molar-refractivity contribution in [3.05, 3.63) is 0 Å². The lowest BCUT2D eigenvalue weighted by atomic mass is 10.1. The Balaban J connectivity index is 5.53. The number of carbonyl (C=O) groups excluding carboxylic acids is 4. The van der Waals surface area contributed by atoms with Gasteiger partial charge in [0.2, 0.25) is 23.6 Å². The third-order valence-corrected chi connectivity index (χ3v) is 4.91. The maximum atomic E-state index is 12.9. The normalized spacial score (nSPS) is 13.8. The Bertz CT molecular complexity index is 848. The van der Waals surface area contributed by atoms with Crippen molar-refractivity contribution in [3.8, 4) is 0 Å². The summed E-state index contributed by atoms with van der Waals surface area (Å²) in [6.45, 7) is 0.434. The van der Waals surface area contributed by atoms with E-state index in [0.717, 1.165) is 0 Å². The first-order valence-corrected chi connectivity index (χ1v) is 11.4. The number of nitrogens with two attached hydrogens (primary N) is 5. The Labute approximate surface area is 212 Å². The summed E-state index contributed by atoms with van der Waals surface area (Å²) in [6.07, 6.45) is -0.242. The lowest BCUT2D eigenvalue weighted by molar-refractivity contribution is -0.142. The van der Waals surface area contributed by atoms with Crippen LogP contribution >= 0.6 is 0 Å². The maximum absolute atomic E-state index is 12.9. The highest BCUT2D eigenvalue weighted by molar-refractivity contribution is 5.96. The molecule has 17 heteroatoms. The third kappa shape index (κ3) is 14.9. The predicted molar refractivity (Wildman–Crippen MR) is 130 cm³/mol. The summed E-state index contributed by atoms with van der Waals surface area (Å²) < 4.78 is 0. The van der Waals surface area contributed by atoms with Crippen molar-refractivity contribution in [2.24, 2.45) is 33.7 Å². The van der Waals surface area contributed by atoms with E-state index in [1.165, 1.54) is 0 Å². The molecule has 0 aromatic rings. The highest BCUT2D eigenvalue weighted by Gasteiger charge is 2.31. The van der Waals surface area contributed by atoms with Gasteiger partial charge in [-0.05, 0) is 38.6 Å². The largest absolute Gasteiger partial charge is 0.481 e. The van der Waals surface area contributed by atoms with Gasteiger partial charge in [-0.15, -0.1) is 0 Å². The minimum atomic E-state index is -1.57. The molecule has 0 radical (unpaired) electrons. The molecule has 0 rings (SSSR count). The van der Waals surface area contributed by atoms with Crippen LogP contribution in [0.25, 0.3) is 0 Å². The first kappa shape index (κ1) is 33.0. The van der Waals surface area contributed by atoms with Crippen LogP contribution in [0.4, 0.5) is 0 Å². The van der Waals surface area contributed by atoms with Gasteiger partial charge in [0, 0.05) is 6.54 Å². The van der Waals surface area contributed by atoms with Crippen LogP contribution in [0.2, 0.25) is 0 Å². The van der Waals surface area contributed by atoms with Crippen molar-refractivity contribution in [1.29, 1.82) is 0 Å². The first-order chi connectivity index (χ1) is 17.3. The number of nitrogens with zero attached hydrogens (tertiary/aromatic N) is 1. The SMILES string of the molecule is NCCCCC(NC(=O)C(CC(N)=O)NC(=O)C(N)CC(=O)O)C(=O)NC(CCCN=C(N)N)C(=O)O. The van der Waals surface area contributed by atoms with Crippen LogP contribution in [0.15, 0.2) is 4.99 Å². The van der Waals surface area contributed by atoms with Gasteiger partial charge in [0.1, 0.15) is 18.1 Å². The topological polar surface area (TPSA) is 321 Å². The molecule has 0 aliphatic rings. The second kappa shape index (κ2) is 17.4. The van der Waals surface area contributed by atoms with Gasteiger partial charge in [-0.2, -0.15) is 0 Å². The van der Waals surface area contributed by atoms with E-state index in [2.05, 4.69) is 20.9 Å². The molecule has 210 valence electrons. The summed E-state index contributed by atoms with van der Waals surface area (Å²) in [4.78, 5) is 75.5. The number of nitrogens with one attached hydrogen (secondary N) is 3. The number of primary amides is 1. The second-order valence-corrected chi connectivity index (χ2v) is 8.13. The fourth-order valence-corrected chi connectivity index (χ4v) is 3.04. The highest BCUT2D eigenvalue weighted by atomic mass is 16.4. The number of hydrogen-bond acceptors (Lipinski definition) is 9.